The van der Waals surface area contributed by atoms with Crippen molar-refractivity contribution in [3.63, 3.8) is 0 Å². The number of methoxy groups -OCH3 is 2. The SMILES string of the molecule is COCCN(CC(=O)OC)C(=O)c1cc(Br)ccc1Cl. The molecule has 1 rings (SSSR count). The van der Waals surface area contributed by atoms with E-state index in [9.17, 15) is 9.59 Å². The van der Waals surface area contributed by atoms with Crippen molar-refractivity contribution in [1.82, 2.24) is 4.90 Å². The molecule has 20 heavy (non-hydrogen) atoms. The summed E-state index contributed by atoms with van der Waals surface area (Å²) in [6, 6.07) is 4.96. The number of hydrogen-bond acceptors (Lipinski definition) is 4. The van der Waals surface area contributed by atoms with Crippen LogP contribution < -0.4 is 0 Å². The van der Waals surface area contributed by atoms with Crippen molar-refractivity contribution in [3.05, 3.63) is 33.3 Å². The monoisotopic (exact) mass is 363 g/mol. The van der Waals surface area contributed by atoms with Crippen molar-refractivity contribution in [2.75, 3.05) is 33.9 Å². The third kappa shape index (κ3) is 4.77. The van der Waals surface area contributed by atoms with Crippen LogP contribution in [0.3, 0.4) is 0 Å². The molecule has 0 fully saturated rings. The minimum Gasteiger partial charge on any atom is -0.468 e. The summed E-state index contributed by atoms with van der Waals surface area (Å²) >= 11 is 9.31. The normalized spacial score (nSPS) is 10.2. The highest BCUT2D eigenvalue weighted by atomic mass is 79.9. The molecule has 0 aromatic heterocycles. The first kappa shape index (κ1) is 16.9. The maximum atomic E-state index is 12.4. The first-order chi connectivity index (χ1) is 9.49. The molecular weight excluding hydrogens is 350 g/mol. The Hall–Kier alpha value is -1.11. The molecule has 1 aromatic carbocycles. The van der Waals surface area contributed by atoms with E-state index in [1.165, 1.54) is 19.1 Å². The topological polar surface area (TPSA) is 55.8 Å². The zero-order valence-corrected chi connectivity index (χ0v) is 13.5. The first-order valence-electron chi connectivity index (χ1n) is 5.79. The van der Waals surface area contributed by atoms with E-state index in [1.54, 1.807) is 18.2 Å². The highest BCUT2D eigenvalue weighted by Gasteiger charge is 2.21. The molecule has 0 saturated carbocycles. The third-order valence-corrected chi connectivity index (χ3v) is 3.38. The fourth-order valence-electron chi connectivity index (χ4n) is 1.51. The Balaban J connectivity index is 2.96. The number of carbonyl (C=O) groups is 2. The maximum Gasteiger partial charge on any atom is 0.325 e. The fourth-order valence-corrected chi connectivity index (χ4v) is 2.07. The summed E-state index contributed by atoms with van der Waals surface area (Å²) < 4.78 is 10.3. The summed E-state index contributed by atoms with van der Waals surface area (Å²) in [4.78, 5) is 25.1. The Kier molecular flexibility index (Phi) is 6.98. The third-order valence-electron chi connectivity index (χ3n) is 2.56. The highest BCUT2D eigenvalue weighted by Crippen LogP contribution is 2.22. The van der Waals surface area contributed by atoms with Crippen LogP contribution in [0, 0.1) is 0 Å². The number of benzene rings is 1. The van der Waals surface area contributed by atoms with Gasteiger partial charge in [-0.2, -0.15) is 0 Å². The molecule has 0 heterocycles. The highest BCUT2D eigenvalue weighted by molar-refractivity contribution is 9.10. The van der Waals surface area contributed by atoms with Crippen LogP contribution in [-0.2, 0) is 14.3 Å². The summed E-state index contributed by atoms with van der Waals surface area (Å²) in [5, 5.41) is 0.325. The van der Waals surface area contributed by atoms with Gasteiger partial charge in [0.15, 0.2) is 0 Å². The van der Waals surface area contributed by atoms with E-state index in [4.69, 9.17) is 16.3 Å². The molecule has 0 saturated heterocycles. The molecule has 7 heteroatoms. The van der Waals surface area contributed by atoms with E-state index in [2.05, 4.69) is 20.7 Å². The van der Waals surface area contributed by atoms with Gasteiger partial charge in [-0.05, 0) is 18.2 Å². The molecule has 0 aliphatic rings. The fraction of sp³-hybridized carbons (Fsp3) is 0.385. The number of ether oxygens (including phenoxy) is 2. The van der Waals surface area contributed by atoms with Gasteiger partial charge in [0, 0.05) is 18.1 Å². The summed E-state index contributed by atoms with van der Waals surface area (Å²) in [5.41, 5.74) is 0.320. The van der Waals surface area contributed by atoms with Crippen molar-refractivity contribution in [3.8, 4) is 0 Å². The van der Waals surface area contributed by atoms with Gasteiger partial charge in [-0.1, -0.05) is 27.5 Å². The van der Waals surface area contributed by atoms with E-state index < -0.39 is 5.97 Å². The molecule has 0 atom stereocenters. The van der Waals surface area contributed by atoms with Crippen LogP contribution in [0.1, 0.15) is 10.4 Å². The van der Waals surface area contributed by atoms with Gasteiger partial charge in [-0.3, -0.25) is 9.59 Å². The van der Waals surface area contributed by atoms with E-state index >= 15 is 0 Å². The lowest BCUT2D eigenvalue weighted by atomic mass is 10.2. The summed E-state index contributed by atoms with van der Waals surface area (Å²) in [6.07, 6.45) is 0. The molecule has 0 radical (unpaired) electrons. The zero-order valence-electron chi connectivity index (χ0n) is 11.2. The van der Waals surface area contributed by atoms with Crippen molar-refractivity contribution >= 4 is 39.4 Å². The number of hydrogen-bond donors (Lipinski definition) is 0. The summed E-state index contributed by atoms with van der Waals surface area (Å²) in [5.74, 6) is -0.848. The second-order valence-electron chi connectivity index (χ2n) is 3.92. The Labute approximate surface area is 130 Å². The Morgan fingerprint density at radius 3 is 2.65 bits per heavy atom. The second kappa shape index (κ2) is 8.24. The predicted molar refractivity (Wildman–Crippen MR) is 78.9 cm³/mol. The maximum absolute atomic E-state index is 12.4. The van der Waals surface area contributed by atoms with Crippen LogP contribution >= 0.6 is 27.5 Å². The molecule has 0 spiro atoms. The second-order valence-corrected chi connectivity index (χ2v) is 5.24. The van der Waals surface area contributed by atoms with Gasteiger partial charge in [-0.25, -0.2) is 0 Å². The lowest BCUT2D eigenvalue weighted by Gasteiger charge is -2.21. The molecule has 0 aliphatic carbocycles. The van der Waals surface area contributed by atoms with Crippen molar-refractivity contribution in [2.24, 2.45) is 0 Å². The molecule has 0 aliphatic heterocycles. The standard InChI is InChI=1S/C13H15BrClNO4/c1-19-6-5-16(8-12(17)20-2)13(18)10-7-9(14)3-4-11(10)15/h3-4,7H,5-6,8H2,1-2H3. The van der Waals surface area contributed by atoms with E-state index in [0.717, 1.165) is 4.47 Å². The first-order valence-corrected chi connectivity index (χ1v) is 6.96. The summed E-state index contributed by atoms with van der Waals surface area (Å²) in [6.45, 7) is 0.434. The van der Waals surface area contributed by atoms with Crippen LogP contribution in [-0.4, -0.2) is 50.7 Å². The number of nitrogens with zero attached hydrogens (tertiary/aromatic N) is 1. The molecule has 0 unspecified atom stereocenters. The Morgan fingerprint density at radius 1 is 1.35 bits per heavy atom. The lowest BCUT2D eigenvalue weighted by Crippen LogP contribution is -2.38. The molecule has 0 bridgehead atoms. The summed E-state index contributed by atoms with van der Waals surface area (Å²) in [7, 11) is 2.79. The number of carbonyl (C=O) groups excluding carboxylic acids is 2. The van der Waals surface area contributed by atoms with Crippen LogP contribution in [0.2, 0.25) is 5.02 Å². The minimum atomic E-state index is -0.499. The number of rotatable bonds is 6. The lowest BCUT2D eigenvalue weighted by molar-refractivity contribution is -0.141. The van der Waals surface area contributed by atoms with Crippen LogP contribution in [0.5, 0.6) is 0 Å². The van der Waals surface area contributed by atoms with E-state index in [-0.39, 0.29) is 19.0 Å². The van der Waals surface area contributed by atoms with Crippen molar-refractivity contribution in [1.29, 1.82) is 0 Å². The molecule has 0 N–H and O–H groups in total. The number of halogens is 2. The largest absolute Gasteiger partial charge is 0.468 e. The quantitative estimate of drug-likeness (QED) is 0.727. The van der Waals surface area contributed by atoms with Crippen LogP contribution in [0.15, 0.2) is 22.7 Å². The Morgan fingerprint density at radius 2 is 2.05 bits per heavy atom. The van der Waals surface area contributed by atoms with Crippen molar-refractivity contribution in [2.45, 2.75) is 0 Å². The number of esters is 1. The van der Waals surface area contributed by atoms with E-state index in [1.807, 2.05) is 0 Å². The van der Waals surface area contributed by atoms with Crippen molar-refractivity contribution < 1.29 is 19.1 Å². The zero-order chi connectivity index (χ0) is 15.1. The Bertz CT molecular complexity index is 495. The van der Waals surface area contributed by atoms with Gasteiger partial charge < -0.3 is 14.4 Å². The average Bonchev–Trinajstić information content (AvgIpc) is 2.44. The molecular formula is C13H15BrClNO4. The van der Waals surface area contributed by atoms with Gasteiger partial charge in [0.25, 0.3) is 5.91 Å². The average molecular weight is 365 g/mol. The van der Waals surface area contributed by atoms with Crippen LogP contribution in [0.4, 0.5) is 0 Å². The van der Waals surface area contributed by atoms with Crippen LogP contribution in [0.25, 0.3) is 0 Å². The predicted octanol–water partition coefficient (Wildman–Crippen LogP) is 2.36. The minimum absolute atomic E-state index is 0.151. The van der Waals surface area contributed by atoms with Gasteiger partial charge in [0.1, 0.15) is 6.54 Å². The van der Waals surface area contributed by atoms with Gasteiger partial charge in [0.2, 0.25) is 0 Å². The van der Waals surface area contributed by atoms with Gasteiger partial charge in [-0.15, -0.1) is 0 Å². The van der Waals surface area contributed by atoms with Gasteiger partial charge in [0.05, 0.1) is 24.3 Å². The smallest absolute Gasteiger partial charge is 0.325 e. The molecule has 110 valence electrons. The van der Waals surface area contributed by atoms with E-state index in [0.29, 0.717) is 17.2 Å². The van der Waals surface area contributed by atoms with Gasteiger partial charge >= 0.3 is 5.97 Å². The number of amides is 1. The molecule has 5 nitrogen and oxygen atoms in total. The molecule has 1 aromatic rings. The molecule has 1 amide bonds.